The van der Waals surface area contributed by atoms with Crippen LogP contribution in [0, 0.1) is 5.92 Å². The van der Waals surface area contributed by atoms with E-state index in [1.54, 1.807) is 18.3 Å². The summed E-state index contributed by atoms with van der Waals surface area (Å²) in [5.74, 6) is 1.53. The van der Waals surface area contributed by atoms with Crippen LogP contribution in [-0.2, 0) is 6.42 Å². The van der Waals surface area contributed by atoms with Gasteiger partial charge in [0.15, 0.2) is 5.65 Å². The summed E-state index contributed by atoms with van der Waals surface area (Å²) in [5.41, 5.74) is 3.30. The molecule has 0 N–H and O–H groups in total. The fourth-order valence-corrected chi connectivity index (χ4v) is 4.07. The van der Waals surface area contributed by atoms with E-state index in [9.17, 15) is 4.39 Å². The van der Waals surface area contributed by atoms with Crippen molar-refractivity contribution in [1.29, 1.82) is 0 Å². The molecular formula is C22H27Cl2FN4. The number of imidazole rings is 1. The van der Waals surface area contributed by atoms with Crippen LogP contribution in [0.15, 0.2) is 30.6 Å². The molecule has 4 nitrogen and oxygen atoms in total. The average Bonchev–Trinajstić information content (AvgIpc) is 3.06. The number of aryl methyl sites for hydroxylation is 1. The number of anilines is 1. The molecule has 0 amide bonds. The Morgan fingerprint density at radius 3 is 2.66 bits per heavy atom. The van der Waals surface area contributed by atoms with Crippen LogP contribution in [0.3, 0.4) is 0 Å². The van der Waals surface area contributed by atoms with Gasteiger partial charge in [-0.25, -0.2) is 4.98 Å². The van der Waals surface area contributed by atoms with E-state index >= 15 is 0 Å². The zero-order valence-electron chi connectivity index (χ0n) is 17.1. The number of nitrogens with zero attached hydrogens (tertiary/aromatic N) is 4. The van der Waals surface area contributed by atoms with Crippen LogP contribution in [-0.4, -0.2) is 34.1 Å². The van der Waals surface area contributed by atoms with E-state index in [2.05, 4.69) is 35.1 Å². The van der Waals surface area contributed by atoms with Crippen molar-refractivity contribution in [3.05, 3.63) is 46.3 Å². The minimum Gasteiger partial charge on any atom is -0.356 e. The van der Waals surface area contributed by atoms with E-state index in [4.69, 9.17) is 28.2 Å². The van der Waals surface area contributed by atoms with E-state index in [0.29, 0.717) is 22.4 Å². The summed E-state index contributed by atoms with van der Waals surface area (Å²) in [4.78, 5) is 11.8. The van der Waals surface area contributed by atoms with Gasteiger partial charge in [0.25, 0.3) is 0 Å². The summed E-state index contributed by atoms with van der Waals surface area (Å²) < 4.78 is 14.8. The quantitative estimate of drug-likeness (QED) is 0.360. The van der Waals surface area contributed by atoms with Crippen LogP contribution in [0.25, 0.3) is 16.9 Å². The maximum Gasteiger partial charge on any atom is 0.165 e. The summed E-state index contributed by atoms with van der Waals surface area (Å²) >= 11 is 12.5. The zero-order chi connectivity index (χ0) is 21.0. The molecule has 0 aliphatic heterocycles. The van der Waals surface area contributed by atoms with Crippen molar-refractivity contribution in [2.45, 2.75) is 40.0 Å². The van der Waals surface area contributed by atoms with Crippen molar-refractivity contribution >= 4 is 34.7 Å². The molecule has 2 aromatic heterocycles. The minimum absolute atomic E-state index is 0.285. The average molecular weight is 437 g/mol. The number of hydrogen-bond donors (Lipinski definition) is 0. The van der Waals surface area contributed by atoms with E-state index in [1.165, 1.54) is 0 Å². The standard InChI is InChI=1S/C22H27Cl2FN4/c1-4-19-22(28(14-15(2)3)11-6-5-9-25)29-12-10-26-20(21(29)27-19)17-8-7-16(23)13-18(17)24/h7-8,10,12-13,15H,4-6,9,11,14H2,1-3H3. The van der Waals surface area contributed by atoms with E-state index in [-0.39, 0.29) is 6.67 Å². The second-order valence-corrected chi connectivity index (χ2v) is 8.41. The lowest BCUT2D eigenvalue weighted by Crippen LogP contribution is -2.30. The van der Waals surface area contributed by atoms with Gasteiger partial charge in [0.2, 0.25) is 0 Å². The summed E-state index contributed by atoms with van der Waals surface area (Å²) in [6.45, 7) is 7.87. The van der Waals surface area contributed by atoms with Gasteiger partial charge in [-0.05, 0) is 43.4 Å². The Kier molecular flexibility index (Phi) is 7.36. The fraction of sp³-hybridized carbons (Fsp3) is 0.455. The summed E-state index contributed by atoms with van der Waals surface area (Å²) in [6, 6.07) is 5.40. The highest BCUT2D eigenvalue weighted by atomic mass is 35.5. The number of hydrogen-bond acceptors (Lipinski definition) is 3. The van der Waals surface area contributed by atoms with Crippen LogP contribution >= 0.6 is 23.2 Å². The molecule has 0 bridgehead atoms. The number of fused-ring (bicyclic) bond motifs is 1. The molecule has 1 aromatic carbocycles. The lowest BCUT2D eigenvalue weighted by atomic mass is 10.1. The smallest absolute Gasteiger partial charge is 0.165 e. The molecule has 2 heterocycles. The number of rotatable bonds is 9. The Hall–Kier alpha value is -1.85. The molecule has 0 radical (unpaired) electrons. The Labute approximate surface area is 181 Å². The van der Waals surface area contributed by atoms with Crippen molar-refractivity contribution in [1.82, 2.24) is 14.4 Å². The first kappa shape index (κ1) is 21.8. The largest absolute Gasteiger partial charge is 0.356 e. The Balaban J connectivity index is 2.14. The Morgan fingerprint density at radius 2 is 2.00 bits per heavy atom. The lowest BCUT2D eigenvalue weighted by Gasteiger charge is -2.27. The molecule has 0 saturated heterocycles. The minimum atomic E-state index is -0.285. The number of unbranched alkanes of at least 4 members (excludes halogenated alkanes) is 1. The predicted molar refractivity (Wildman–Crippen MR) is 120 cm³/mol. The van der Waals surface area contributed by atoms with Gasteiger partial charge in [-0.15, -0.1) is 0 Å². The molecule has 3 aromatic rings. The third-order valence-corrected chi connectivity index (χ3v) is 5.35. The van der Waals surface area contributed by atoms with E-state index < -0.39 is 0 Å². The third-order valence-electron chi connectivity index (χ3n) is 4.80. The molecule has 3 rings (SSSR count). The highest BCUT2D eigenvalue weighted by Gasteiger charge is 2.21. The van der Waals surface area contributed by atoms with Crippen molar-refractivity contribution in [3.8, 4) is 11.3 Å². The molecule has 0 unspecified atom stereocenters. The van der Waals surface area contributed by atoms with Crippen LogP contribution in [0.5, 0.6) is 0 Å². The van der Waals surface area contributed by atoms with Gasteiger partial charge in [-0.2, -0.15) is 0 Å². The van der Waals surface area contributed by atoms with Gasteiger partial charge >= 0.3 is 0 Å². The number of aromatic nitrogens is 3. The van der Waals surface area contributed by atoms with Crippen molar-refractivity contribution in [2.24, 2.45) is 5.92 Å². The molecule has 7 heteroatoms. The highest BCUT2D eigenvalue weighted by molar-refractivity contribution is 6.36. The summed E-state index contributed by atoms with van der Waals surface area (Å²) in [7, 11) is 0. The first-order valence-corrected chi connectivity index (χ1v) is 10.8. The topological polar surface area (TPSA) is 33.4 Å². The number of benzene rings is 1. The molecule has 0 saturated carbocycles. The molecule has 156 valence electrons. The van der Waals surface area contributed by atoms with Crippen molar-refractivity contribution < 1.29 is 4.39 Å². The van der Waals surface area contributed by atoms with Gasteiger partial charge in [0.1, 0.15) is 11.5 Å². The van der Waals surface area contributed by atoms with Crippen LogP contribution < -0.4 is 4.90 Å². The number of halogens is 3. The predicted octanol–water partition coefficient (Wildman–Crippen LogP) is 6.48. The molecule has 29 heavy (non-hydrogen) atoms. The SMILES string of the molecule is CCc1nc2c(-c3ccc(Cl)cc3Cl)nccn2c1N(CCCCF)CC(C)C. The van der Waals surface area contributed by atoms with Crippen LogP contribution in [0.2, 0.25) is 10.0 Å². The fourth-order valence-electron chi connectivity index (χ4n) is 3.58. The third kappa shape index (κ3) is 4.84. The second kappa shape index (κ2) is 9.77. The van der Waals surface area contributed by atoms with Crippen molar-refractivity contribution in [3.63, 3.8) is 0 Å². The maximum absolute atomic E-state index is 12.7. The lowest BCUT2D eigenvalue weighted by molar-refractivity contribution is 0.458. The highest BCUT2D eigenvalue weighted by Crippen LogP contribution is 2.34. The normalized spacial score (nSPS) is 11.6. The molecule has 0 spiro atoms. The molecule has 0 fully saturated rings. The molecule has 0 aliphatic rings. The molecular weight excluding hydrogens is 410 g/mol. The first-order valence-electron chi connectivity index (χ1n) is 10.1. The molecule has 0 atom stereocenters. The van der Waals surface area contributed by atoms with Crippen LogP contribution in [0.4, 0.5) is 10.2 Å². The van der Waals surface area contributed by atoms with Crippen molar-refractivity contribution in [2.75, 3.05) is 24.7 Å². The summed E-state index contributed by atoms with van der Waals surface area (Å²) in [5, 5.41) is 1.13. The second-order valence-electron chi connectivity index (χ2n) is 7.57. The first-order chi connectivity index (χ1) is 14.0. The van der Waals surface area contributed by atoms with E-state index in [1.807, 2.05) is 12.3 Å². The maximum atomic E-state index is 12.7. The van der Waals surface area contributed by atoms with Gasteiger partial charge in [-0.1, -0.05) is 44.0 Å². The van der Waals surface area contributed by atoms with Gasteiger partial charge in [0.05, 0.1) is 17.4 Å². The monoisotopic (exact) mass is 436 g/mol. The zero-order valence-corrected chi connectivity index (χ0v) is 18.6. The van der Waals surface area contributed by atoms with Gasteiger partial charge in [0, 0.05) is 36.1 Å². The van der Waals surface area contributed by atoms with Gasteiger partial charge in [-0.3, -0.25) is 13.8 Å². The molecule has 0 aliphatic carbocycles. The Morgan fingerprint density at radius 1 is 1.21 bits per heavy atom. The summed E-state index contributed by atoms with van der Waals surface area (Å²) in [6.07, 6.45) is 5.88. The van der Waals surface area contributed by atoms with Crippen LogP contribution in [0.1, 0.15) is 39.3 Å². The number of alkyl halides is 1. The Bertz CT molecular complexity index is 971. The van der Waals surface area contributed by atoms with Gasteiger partial charge < -0.3 is 4.90 Å². The van der Waals surface area contributed by atoms with E-state index in [0.717, 1.165) is 54.3 Å².